The van der Waals surface area contributed by atoms with Crippen LogP contribution in [-0.2, 0) is 4.79 Å². The zero-order valence-electron chi connectivity index (χ0n) is 17.0. The van der Waals surface area contributed by atoms with Crippen LogP contribution in [0.1, 0.15) is 28.5 Å². The molecule has 3 N–H and O–H groups in total. The Kier molecular flexibility index (Phi) is 6.57. The van der Waals surface area contributed by atoms with Gasteiger partial charge in [0.15, 0.2) is 23.0 Å². The molecule has 11 heteroatoms. The third kappa shape index (κ3) is 4.61. The molecule has 1 atom stereocenters. The number of hydrogen-bond acceptors (Lipinski definition) is 6. The van der Waals surface area contributed by atoms with Gasteiger partial charge in [0.25, 0.3) is 5.91 Å². The fourth-order valence-electron chi connectivity index (χ4n) is 3.14. The predicted octanol–water partition coefficient (Wildman–Crippen LogP) is 2.82. The van der Waals surface area contributed by atoms with Crippen molar-refractivity contribution in [1.29, 1.82) is 0 Å². The number of para-hydroxylation sites is 1. The van der Waals surface area contributed by atoms with E-state index >= 15 is 0 Å². The van der Waals surface area contributed by atoms with Crippen molar-refractivity contribution < 1.29 is 38.1 Å². The molecule has 9 nitrogen and oxygen atoms in total. The maximum Gasteiger partial charge on any atom is 0.305 e. The molecule has 0 aliphatic rings. The molecular formula is C21H19F2N3O6. The van der Waals surface area contributed by atoms with E-state index in [4.69, 9.17) is 9.47 Å². The predicted molar refractivity (Wildman–Crippen MR) is 107 cm³/mol. The number of methoxy groups -OCH3 is 2. The summed E-state index contributed by atoms with van der Waals surface area (Å²) in [5.41, 5.74) is -0.251. The normalized spacial score (nSPS) is 11.6. The molecule has 0 fully saturated rings. The molecule has 0 saturated heterocycles. The van der Waals surface area contributed by atoms with Gasteiger partial charge in [-0.25, -0.2) is 8.78 Å². The van der Waals surface area contributed by atoms with Crippen LogP contribution in [-0.4, -0.2) is 46.1 Å². The highest BCUT2D eigenvalue weighted by Gasteiger charge is 2.26. The number of carboxylic acids is 1. The van der Waals surface area contributed by atoms with Crippen LogP contribution in [0, 0.1) is 11.6 Å². The van der Waals surface area contributed by atoms with Crippen LogP contribution in [0.5, 0.6) is 17.4 Å². The molecule has 0 spiro atoms. The average Bonchev–Trinajstić information content (AvgIpc) is 3.13. The van der Waals surface area contributed by atoms with Gasteiger partial charge < -0.3 is 25.0 Å². The number of aromatic hydroxyl groups is 1. The first-order valence-corrected chi connectivity index (χ1v) is 9.23. The van der Waals surface area contributed by atoms with Gasteiger partial charge in [0.1, 0.15) is 11.5 Å². The second-order valence-electron chi connectivity index (χ2n) is 6.60. The van der Waals surface area contributed by atoms with Crippen LogP contribution < -0.4 is 14.8 Å². The van der Waals surface area contributed by atoms with Gasteiger partial charge in [0.2, 0.25) is 5.88 Å². The molecule has 0 aliphatic carbocycles. The number of aliphatic carboxylic acids is 1. The van der Waals surface area contributed by atoms with Gasteiger partial charge in [-0.15, -0.1) is 0 Å². The summed E-state index contributed by atoms with van der Waals surface area (Å²) in [6.07, 6.45) is -0.492. The number of amides is 1. The molecule has 2 aromatic carbocycles. The van der Waals surface area contributed by atoms with Gasteiger partial charge >= 0.3 is 5.97 Å². The van der Waals surface area contributed by atoms with Crippen LogP contribution in [0.2, 0.25) is 0 Å². The summed E-state index contributed by atoms with van der Waals surface area (Å²) in [4.78, 5) is 24.2. The summed E-state index contributed by atoms with van der Waals surface area (Å²) >= 11 is 0. The summed E-state index contributed by atoms with van der Waals surface area (Å²) in [5.74, 6) is -3.85. The van der Waals surface area contributed by atoms with Crippen LogP contribution in [0.15, 0.2) is 42.5 Å². The lowest BCUT2D eigenvalue weighted by molar-refractivity contribution is -0.137. The molecule has 1 heterocycles. The lowest BCUT2D eigenvalue weighted by Crippen LogP contribution is -2.31. The van der Waals surface area contributed by atoms with Crippen molar-refractivity contribution in [2.75, 3.05) is 14.2 Å². The number of carboxylic acid groups (broad SMARTS) is 1. The van der Waals surface area contributed by atoms with Crippen LogP contribution in [0.4, 0.5) is 8.78 Å². The minimum atomic E-state index is -1.19. The molecule has 0 unspecified atom stereocenters. The van der Waals surface area contributed by atoms with Gasteiger partial charge in [0, 0.05) is 17.7 Å². The fourth-order valence-corrected chi connectivity index (χ4v) is 3.14. The number of hydrogen-bond donors (Lipinski definition) is 3. The van der Waals surface area contributed by atoms with Crippen molar-refractivity contribution in [3.63, 3.8) is 0 Å². The van der Waals surface area contributed by atoms with Crippen molar-refractivity contribution in [2.45, 2.75) is 12.5 Å². The van der Waals surface area contributed by atoms with E-state index in [0.717, 1.165) is 22.9 Å². The van der Waals surface area contributed by atoms with E-state index in [0.29, 0.717) is 17.4 Å². The Morgan fingerprint density at radius 1 is 1.16 bits per heavy atom. The van der Waals surface area contributed by atoms with E-state index in [1.807, 2.05) is 0 Å². The van der Waals surface area contributed by atoms with Crippen LogP contribution in [0.3, 0.4) is 0 Å². The topological polar surface area (TPSA) is 123 Å². The van der Waals surface area contributed by atoms with E-state index in [2.05, 4.69) is 10.4 Å². The highest BCUT2D eigenvalue weighted by molar-refractivity contribution is 5.93. The van der Waals surface area contributed by atoms with Gasteiger partial charge in [-0.1, -0.05) is 12.1 Å². The standard InChI is InChI=1S/C21H19F2N3O6/c1-31-17-5-3-4-12(20(17)32-2)14(10-19(28)29)24-21(30)15-9-18(27)26(25-15)16-7-6-11(22)8-13(16)23/h3-9,14,27H,10H2,1-2H3,(H,24,30)(H,28,29)/t14-/m0/s1. The number of ether oxygens (including phenoxy) is 2. The minimum absolute atomic E-state index is 0.239. The number of benzene rings is 2. The SMILES string of the molecule is COc1cccc([C@H](CC(=O)O)NC(=O)c2cc(O)n(-c3ccc(F)cc3F)n2)c1OC. The van der Waals surface area contributed by atoms with Crippen molar-refractivity contribution in [1.82, 2.24) is 15.1 Å². The number of nitrogens with zero attached hydrogens (tertiary/aromatic N) is 2. The molecule has 0 bridgehead atoms. The van der Waals surface area contributed by atoms with Crippen molar-refractivity contribution >= 4 is 11.9 Å². The maximum atomic E-state index is 14.1. The summed E-state index contributed by atoms with van der Waals surface area (Å²) in [7, 11) is 2.79. The van der Waals surface area contributed by atoms with E-state index in [-0.39, 0.29) is 17.1 Å². The fraction of sp³-hybridized carbons (Fsp3) is 0.190. The van der Waals surface area contributed by atoms with Gasteiger partial charge in [-0.2, -0.15) is 9.78 Å². The first-order valence-electron chi connectivity index (χ1n) is 9.23. The second-order valence-corrected chi connectivity index (χ2v) is 6.60. The highest BCUT2D eigenvalue weighted by Crippen LogP contribution is 2.36. The minimum Gasteiger partial charge on any atom is -0.493 e. The zero-order valence-corrected chi connectivity index (χ0v) is 17.0. The number of carbonyl (C=O) groups excluding carboxylic acids is 1. The number of carbonyl (C=O) groups is 2. The first-order chi connectivity index (χ1) is 15.2. The quantitative estimate of drug-likeness (QED) is 0.485. The Morgan fingerprint density at radius 3 is 2.53 bits per heavy atom. The molecule has 168 valence electrons. The number of rotatable bonds is 8. The Bertz CT molecular complexity index is 1160. The van der Waals surface area contributed by atoms with Gasteiger partial charge in [-0.05, 0) is 18.2 Å². The Hall–Kier alpha value is -4.15. The van der Waals surface area contributed by atoms with E-state index in [9.17, 15) is 28.6 Å². The van der Waals surface area contributed by atoms with Crippen molar-refractivity contribution in [2.24, 2.45) is 0 Å². The lowest BCUT2D eigenvalue weighted by Gasteiger charge is -2.20. The molecule has 3 rings (SSSR count). The smallest absolute Gasteiger partial charge is 0.305 e. The van der Waals surface area contributed by atoms with E-state index in [1.165, 1.54) is 14.2 Å². The molecule has 0 radical (unpaired) electrons. The van der Waals surface area contributed by atoms with Gasteiger partial charge in [0.05, 0.1) is 26.7 Å². The summed E-state index contributed by atoms with van der Waals surface area (Å²) in [5, 5.41) is 25.8. The molecule has 1 amide bonds. The van der Waals surface area contributed by atoms with Gasteiger partial charge in [-0.3, -0.25) is 9.59 Å². The summed E-state index contributed by atoms with van der Waals surface area (Å²) in [6.45, 7) is 0. The Morgan fingerprint density at radius 2 is 1.91 bits per heavy atom. The van der Waals surface area contributed by atoms with E-state index in [1.54, 1.807) is 18.2 Å². The third-order valence-corrected chi connectivity index (χ3v) is 4.55. The molecule has 32 heavy (non-hydrogen) atoms. The maximum absolute atomic E-state index is 14.1. The number of aromatic nitrogens is 2. The Balaban J connectivity index is 1.94. The lowest BCUT2D eigenvalue weighted by atomic mass is 10.0. The number of nitrogens with one attached hydrogen (secondary N) is 1. The Labute approximate surface area is 180 Å². The second kappa shape index (κ2) is 9.33. The number of halogens is 2. The van der Waals surface area contributed by atoms with Crippen molar-refractivity contribution in [3.8, 4) is 23.1 Å². The first kappa shape index (κ1) is 22.5. The zero-order chi connectivity index (χ0) is 23.4. The third-order valence-electron chi connectivity index (χ3n) is 4.55. The largest absolute Gasteiger partial charge is 0.493 e. The van der Waals surface area contributed by atoms with Crippen molar-refractivity contribution in [3.05, 3.63) is 65.4 Å². The van der Waals surface area contributed by atoms with E-state index < -0.39 is 41.9 Å². The molecular weight excluding hydrogens is 428 g/mol. The molecule has 1 aromatic heterocycles. The van der Waals surface area contributed by atoms with Crippen LogP contribution >= 0.6 is 0 Å². The molecule has 3 aromatic rings. The monoisotopic (exact) mass is 447 g/mol. The average molecular weight is 447 g/mol. The van der Waals surface area contributed by atoms with Crippen LogP contribution in [0.25, 0.3) is 5.69 Å². The molecule has 0 aliphatic heterocycles. The summed E-state index contributed by atoms with van der Waals surface area (Å²) < 4.78 is 38.5. The summed E-state index contributed by atoms with van der Waals surface area (Å²) in [6, 6.07) is 7.34. The highest BCUT2D eigenvalue weighted by atomic mass is 19.1. The molecule has 0 saturated carbocycles.